The molecule has 0 aromatic heterocycles. The van der Waals surface area contributed by atoms with Crippen LogP contribution in [-0.2, 0) is 19.1 Å². The molecule has 1 saturated heterocycles. The molecule has 31 heavy (non-hydrogen) atoms. The summed E-state index contributed by atoms with van der Waals surface area (Å²) in [5.74, 6) is -1.69. The van der Waals surface area contributed by atoms with Crippen LogP contribution in [0.5, 0.6) is 0 Å². The van der Waals surface area contributed by atoms with Crippen LogP contribution in [0.15, 0.2) is 11.6 Å². The van der Waals surface area contributed by atoms with Crippen LogP contribution in [0.3, 0.4) is 0 Å². The van der Waals surface area contributed by atoms with Gasteiger partial charge >= 0.3 is 5.97 Å². The van der Waals surface area contributed by atoms with Crippen LogP contribution in [0.1, 0.15) is 65.7 Å². The number of epoxide rings is 1. The monoisotopic (exact) mass is 432 g/mol. The van der Waals surface area contributed by atoms with Gasteiger partial charge in [0.2, 0.25) is 0 Å². The van der Waals surface area contributed by atoms with Gasteiger partial charge in [0.05, 0.1) is 12.5 Å². The Balaban J connectivity index is 1.50. The van der Waals surface area contributed by atoms with E-state index >= 15 is 0 Å². The van der Waals surface area contributed by atoms with Crippen LogP contribution < -0.4 is 0 Å². The Kier molecular flexibility index (Phi) is 4.30. The predicted molar refractivity (Wildman–Crippen MR) is 109 cm³/mol. The van der Waals surface area contributed by atoms with E-state index in [-0.39, 0.29) is 47.1 Å². The highest BCUT2D eigenvalue weighted by atomic mass is 16.6. The number of ketones is 2. The number of ether oxygens (including phenoxy) is 1. The van der Waals surface area contributed by atoms with Crippen LogP contribution in [0.4, 0.5) is 0 Å². The third-order valence-electron chi connectivity index (χ3n) is 9.88. The topological polar surface area (TPSA) is 124 Å². The Morgan fingerprint density at radius 3 is 2.61 bits per heavy atom. The number of aliphatic hydroxyl groups excluding tert-OH is 1. The lowest BCUT2D eigenvalue weighted by atomic mass is 9.45. The first-order chi connectivity index (χ1) is 14.4. The minimum absolute atomic E-state index is 0.0449. The van der Waals surface area contributed by atoms with E-state index in [1.807, 2.05) is 19.9 Å². The second-order valence-electron chi connectivity index (χ2n) is 11.2. The Morgan fingerprint density at radius 2 is 1.94 bits per heavy atom. The van der Waals surface area contributed by atoms with Crippen LogP contribution in [0, 0.1) is 28.6 Å². The number of hydrogen-bond acceptors (Lipinski definition) is 6. The molecule has 0 aromatic carbocycles. The number of carbonyl (C=O) groups excluding carboxylic acids is 2. The molecule has 1 unspecified atom stereocenters. The number of hydrogen-bond donors (Lipinski definition) is 3. The highest BCUT2D eigenvalue weighted by Gasteiger charge is 2.81. The molecule has 0 bridgehead atoms. The van der Waals surface area contributed by atoms with E-state index in [1.165, 1.54) is 5.57 Å². The summed E-state index contributed by atoms with van der Waals surface area (Å²) in [4.78, 5) is 36.4. The summed E-state index contributed by atoms with van der Waals surface area (Å²) in [6.07, 6.45) is 3.11. The van der Waals surface area contributed by atoms with Gasteiger partial charge in [-0.25, -0.2) is 0 Å². The zero-order valence-electron chi connectivity index (χ0n) is 18.4. The highest BCUT2D eigenvalue weighted by Crippen LogP contribution is 2.76. The number of Topliss-reactive ketones (excluding diaryl/α,β-unsaturated/α-hetero) is 1. The maximum atomic E-state index is 13.1. The molecule has 4 aliphatic carbocycles. The molecule has 0 aromatic rings. The van der Waals surface area contributed by atoms with Crippen molar-refractivity contribution in [3.8, 4) is 0 Å². The highest BCUT2D eigenvalue weighted by molar-refractivity contribution is 5.95. The van der Waals surface area contributed by atoms with Crippen molar-refractivity contribution in [1.82, 2.24) is 0 Å². The summed E-state index contributed by atoms with van der Waals surface area (Å²) in [5.41, 5.74) is -1.92. The maximum absolute atomic E-state index is 13.1. The van der Waals surface area contributed by atoms with Crippen molar-refractivity contribution in [3.63, 3.8) is 0 Å². The summed E-state index contributed by atoms with van der Waals surface area (Å²) in [7, 11) is 0. The lowest BCUT2D eigenvalue weighted by molar-refractivity contribution is -0.168. The minimum Gasteiger partial charge on any atom is -0.481 e. The van der Waals surface area contributed by atoms with Gasteiger partial charge in [0, 0.05) is 16.7 Å². The largest absolute Gasteiger partial charge is 0.481 e. The number of rotatable bonds is 4. The van der Waals surface area contributed by atoms with E-state index in [9.17, 15) is 24.6 Å². The molecule has 9 atom stereocenters. The molecule has 3 saturated carbocycles. The van der Waals surface area contributed by atoms with Gasteiger partial charge in [0.1, 0.15) is 17.3 Å². The van der Waals surface area contributed by atoms with Gasteiger partial charge < -0.3 is 20.1 Å². The van der Waals surface area contributed by atoms with E-state index in [4.69, 9.17) is 9.84 Å². The molecule has 3 N–H and O–H groups in total. The quantitative estimate of drug-likeness (QED) is 0.581. The summed E-state index contributed by atoms with van der Waals surface area (Å²) >= 11 is 0. The van der Waals surface area contributed by atoms with Gasteiger partial charge in [-0.2, -0.15) is 0 Å². The number of aliphatic hydroxyl groups is 2. The van der Waals surface area contributed by atoms with Crippen molar-refractivity contribution < 1.29 is 34.4 Å². The fourth-order valence-electron chi connectivity index (χ4n) is 8.28. The molecular formula is C24H32O7. The predicted octanol–water partition coefficient (Wildman–Crippen LogP) is 2.03. The Labute approximate surface area is 181 Å². The first-order valence-electron chi connectivity index (χ1n) is 11.5. The zero-order chi connectivity index (χ0) is 22.6. The Morgan fingerprint density at radius 1 is 1.23 bits per heavy atom. The van der Waals surface area contributed by atoms with Gasteiger partial charge in [-0.15, -0.1) is 0 Å². The van der Waals surface area contributed by atoms with E-state index in [1.54, 1.807) is 0 Å². The second kappa shape index (κ2) is 6.27. The molecule has 7 heteroatoms. The third kappa shape index (κ3) is 2.43. The van der Waals surface area contributed by atoms with Crippen molar-refractivity contribution in [3.05, 3.63) is 11.6 Å². The molecular weight excluding hydrogens is 400 g/mol. The minimum atomic E-state index is -1.75. The number of carboxylic acid groups (broad SMARTS) is 1. The van der Waals surface area contributed by atoms with Crippen LogP contribution in [0.25, 0.3) is 0 Å². The molecule has 1 heterocycles. The molecule has 5 rings (SSSR count). The zero-order valence-corrected chi connectivity index (χ0v) is 18.4. The number of aliphatic carboxylic acids is 1. The Hall–Kier alpha value is -1.57. The summed E-state index contributed by atoms with van der Waals surface area (Å²) in [5, 5.41) is 30.8. The average molecular weight is 433 g/mol. The van der Waals surface area contributed by atoms with Crippen molar-refractivity contribution in [2.24, 2.45) is 28.6 Å². The molecule has 0 amide bonds. The number of carbonyl (C=O) groups is 3. The first kappa shape index (κ1) is 21.3. The van der Waals surface area contributed by atoms with Gasteiger partial charge in [0.15, 0.2) is 11.6 Å². The summed E-state index contributed by atoms with van der Waals surface area (Å²) < 4.78 is 6.49. The van der Waals surface area contributed by atoms with Gasteiger partial charge in [-0.05, 0) is 56.4 Å². The molecule has 7 nitrogen and oxygen atoms in total. The van der Waals surface area contributed by atoms with Crippen LogP contribution in [-0.4, -0.2) is 56.3 Å². The van der Waals surface area contributed by atoms with Crippen molar-refractivity contribution in [2.75, 3.05) is 0 Å². The molecule has 0 radical (unpaired) electrons. The van der Waals surface area contributed by atoms with Crippen molar-refractivity contribution in [2.45, 2.75) is 89.1 Å². The molecule has 1 spiro atoms. The number of fused-ring (bicyclic) bond motifs is 3. The summed E-state index contributed by atoms with van der Waals surface area (Å²) in [6.45, 7) is 6.12. The van der Waals surface area contributed by atoms with Gasteiger partial charge in [0.25, 0.3) is 0 Å². The second-order valence-corrected chi connectivity index (χ2v) is 11.2. The van der Waals surface area contributed by atoms with Crippen LogP contribution >= 0.6 is 0 Å². The van der Waals surface area contributed by atoms with E-state index in [2.05, 4.69) is 6.92 Å². The lowest BCUT2D eigenvalue weighted by Crippen LogP contribution is -2.63. The fraction of sp³-hybridized carbons (Fsp3) is 0.792. The van der Waals surface area contributed by atoms with Crippen molar-refractivity contribution in [1.29, 1.82) is 0 Å². The number of carboxylic acids is 1. The average Bonchev–Trinajstić information content (AvgIpc) is 3.34. The van der Waals surface area contributed by atoms with Gasteiger partial charge in [-0.1, -0.05) is 26.3 Å². The molecule has 170 valence electrons. The van der Waals surface area contributed by atoms with E-state index in [0.29, 0.717) is 12.8 Å². The molecule has 5 aliphatic rings. The first-order valence-corrected chi connectivity index (χ1v) is 11.5. The van der Waals surface area contributed by atoms with Crippen LogP contribution in [0.2, 0.25) is 0 Å². The lowest BCUT2D eigenvalue weighted by Gasteiger charge is -2.57. The van der Waals surface area contributed by atoms with Gasteiger partial charge in [-0.3, -0.25) is 14.4 Å². The summed E-state index contributed by atoms with van der Waals surface area (Å²) in [6, 6.07) is 0. The Bertz CT molecular complexity index is 910. The maximum Gasteiger partial charge on any atom is 0.306 e. The standard InChI is InChI=1S/C24H32O7/c1-12-10-21(2)13(8-16(12)25)4-5-15-14-6-7-23(30,20(29)17(26)9-19(27)28)22(14,3)11-18-24(15,21)31-18/h8,12,14-15,17-18,26,30H,4-7,9-11H2,1-3H3,(H,27,28)/t12-,14+,15+,17?,18+,21+,22+,23+,24-/m1/s1. The molecule has 1 aliphatic heterocycles. The fourth-order valence-corrected chi connectivity index (χ4v) is 8.28. The third-order valence-corrected chi connectivity index (χ3v) is 9.88. The normalized spacial score (nSPS) is 51.0. The molecule has 4 fully saturated rings. The van der Waals surface area contributed by atoms with Crippen molar-refractivity contribution >= 4 is 17.5 Å². The van der Waals surface area contributed by atoms with E-state index < -0.39 is 35.3 Å². The smallest absolute Gasteiger partial charge is 0.306 e. The SMILES string of the molecule is C[C@@H]1C[C@@]2(C)C(=CC1=O)CC[C@H]1[C@@H]3CC[C@](O)(C(=O)C(O)CC(=O)O)[C@@]3(C)C[C@@H]3O[C@@]312. The van der Waals surface area contributed by atoms with E-state index in [0.717, 1.165) is 19.3 Å².